The van der Waals surface area contributed by atoms with Crippen molar-refractivity contribution < 1.29 is 9.50 Å². The number of aliphatic hydroxyl groups excluding tert-OH is 1. The number of hydrogen-bond acceptors (Lipinski definition) is 3. The van der Waals surface area contributed by atoms with Crippen molar-refractivity contribution >= 4 is 5.69 Å². The van der Waals surface area contributed by atoms with Crippen LogP contribution in [0.3, 0.4) is 0 Å². The van der Waals surface area contributed by atoms with Crippen LogP contribution in [-0.4, -0.2) is 28.6 Å². The molecule has 3 atom stereocenters. The molecule has 1 heterocycles. The van der Waals surface area contributed by atoms with Crippen LogP contribution in [0, 0.1) is 5.82 Å². The average molecular weight is 280 g/mol. The number of aliphatic hydroxyl groups is 1. The van der Waals surface area contributed by atoms with Crippen molar-refractivity contribution in [2.45, 2.75) is 57.7 Å². The van der Waals surface area contributed by atoms with Crippen LogP contribution in [0.2, 0.25) is 0 Å². The molecule has 20 heavy (non-hydrogen) atoms. The zero-order valence-corrected chi connectivity index (χ0v) is 12.3. The van der Waals surface area contributed by atoms with E-state index in [0.29, 0.717) is 24.1 Å². The van der Waals surface area contributed by atoms with Gasteiger partial charge in [0.1, 0.15) is 5.82 Å². The number of rotatable bonds is 4. The van der Waals surface area contributed by atoms with Gasteiger partial charge in [-0.3, -0.25) is 4.90 Å². The molecule has 0 radical (unpaired) electrons. The van der Waals surface area contributed by atoms with E-state index in [-0.39, 0.29) is 5.69 Å². The molecule has 0 aromatic heterocycles. The topological polar surface area (TPSA) is 49.5 Å². The number of halogens is 1. The molecule has 4 heteroatoms. The summed E-state index contributed by atoms with van der Waals surface area (Å²) in [7, 11) is 0. The van der Waals surface area contributed by atoms with Crippen LogP contribution >= 0.6 is 0 Å². The van der Waals surface area contributed by atoms with Gasteiger partial charge in [-0.25, -0.2) is 4.39 Å². The molecule has 112 valence electrons. The Kier molecular flexibility index (Phi) is 5.00. The first-order valence-electron chi connectivity index (χ1n) is 7.47. The summed E-state index contributed by atoms with van der Waals surface area (Å²) in [6, 6.07) is 5.61. The summed E-state index contributed by atoms with van der Waals surface area (Å²) >= 11 is 0. The lowest BCUT2D eigenvalue weighted by atomic mass is 9.96. The normalized spacial score (nSPS) is 25.6. The van der Waals surface area contributed by atoms with Gasteiger partial charge >= 0.3 is 0 Å². The van der Waals surface area contributed by atoms with Crippen LogP contribution in [0.15, 0.2) is 18.2 Å². The number of nitrogens with two attached hydrogens (primary N) is 1. The van der Waals surface area contributed by atoms with Crippen LogP contribution in [0.4, 0.5) is 10.1 Å². The molecule has 0 aliphatic carbocycles. The molecule has 3 nitrogen and oxygen atoms in total. The fraction of sp³-hybridized carbons (Fsp3) is 0.625. The molecule has 0 spiro atoms. The molecule has 0 bridgehead atoms. The highest BCUT2D eigenvalue weighted by Crippen LogP contribution is 2.26. The van der Waals surface area contributed by atoms with E-state index < -0.39 is 11.9 Å². The number of benzene rings is 1. The average Bonchev–Trinajstić information content (AvgIpc) is 2.41. The van der Waals surface area contributed by atoms with E-state index in [9.17, 15) is 9.50 Å². The van der Waals surface area contributed by atoms with Crippen molar-refractivity contribution in [3.8, 4) is 0 Å². The van der Waals surface area contributed by atoms with Gasteiger partial charge in [0.15, 0.2) is 0 Å². The van der Waals surface area contributed by atoms with Crippen molar-refractivity contribution in [3.05, 3.63) is 29.6 Å². The second kappa shape index (κ2) is 6.55. The SMILES string of the molecule is CC1CCCC(C)N1CCC(O)c1ccc(F)c(N)c1. The highest BCUT2D eigenvalue weighted by molar-refractivity contribution is 5.43. The molecule has 1 aromatic rings. The Morgan fingerprint density at radius 3 is 2.60 bits per heavy atom. The maximum atomic E-state index is 13.1. The van der Waals surface area contributed by atoms with Crippen molar-refractivity contribution in [1.29, 1.82) is 0 Å². The van der Waals surface area contributed by atoms with Gasteiger partial charge in [-0.1, -0.05) is 12.5 Å². The molecule has 0 saturated carbocycles. The molecule has 1 aliphatic heterocycles. The van der Waals surface area contributed by atoms with E-state index in [1.165, 1.54) is 31.4 Å². The van der Waals surface area contributed by atoms with Crippen molar-refractivity contribution in [3.63, 3.8) is 0 Å². The third-order valence-corrected chi connectivity index (χ3v) is 4.44. The summed E-state index contributed by atoms with van der Waals surface area (Å²) < 4.78 is 13.1. The van der Waals surface area contributed by atoms with Crippen molar-refractivity contribution in [1.82, 2.24) is 4.90 Å². The summed E-state index contributed by atoms with van der Waals surface area (Å²) in [6.07, 6.45) is 3.81. The quantitative estimate of drug-likeness (QED) is 0.833. The zero-order valence-electron chi connectivity index (χ0n) is 12.3. The standard InChI is InChI=1S/C16H25FN2O/c1-11-4-3-5-12(2)19(11)9-8-16(20)13-6-7-14(17)15(18)10-13/h6-7,10-12,16,20H,3-5,8-9,18H2,1-2H3. The number of anilines is 1. The predicted molar refractivity (Wildman–Crippen MR) is 79.9 cm³/mol. The van der Waals surface area contributed by atoms with Gasteiger partial charge in [0.25, 0.3) is 0 Å². The number of likely N-dealkylation sites (tertiary alicyclic amines) is 1. The number of nitrogen functional groups attached to an aromatic ring is 1. The smallest absolute Gasteiger partial charge is 0.146 e. The van der Waals surface area contributed by atoms with E-state index in [1.54, 1.807) is 6.07 Å². The third kappa shape index (κ3) is 3.49. The van der Waals surface area contributed by atoms with Crippen molar-refractivity contribution in [2.24, 2.45) is 0 Å². The summed E-state index contributed by atoms with van der Waals surface area (Å²) in [6.45, 7) is 5.36. The molecule has 3 unspecified atom stereocenters. The Labute approximate surface area is 120 Å². The first-order valence-corrected chi connectivity index (χ1v) is 7.47. The minimum Gasteiger partial charge on any atom is -0.396 e. The Balaban J connectivity index is 1.94. The van der Waals surface area contributed by atoms with Crippen LogP contribution < -0.4 is 5.73 Å². The van der Waals surface area contributed by atoms with Gasteiger partial charge in [-0.15, -0.1) is 0 Å². The Hall–Kier alpha value is -1.13. The van der Waals surface area contributed by atoms with Gasteiger partial charge in [-0.2, -0.15) is 0 Å². The minimum absolute atomic E-state index is 0.0984. The van der Waals surface area contributed by atoms with Crippen LogP contribution in [0.5, 0.6) is 0 Å². The minimum atomic E-state index is -0.584. The van der Waals surface area contributed by atoms with E-state index in [4.69, 9.17) is 5.73 Å². The summed E-state index contributed by atoms with van der Waals surface area (Å²) in [5.41, 5.74) is 6.34. The lowest BCUT2D eigenvalue weighted by Gasteiger charge is -2.39. The predicted octanol–water partition coefficient (Wildman–Crippen LogP) is 3.09. The van der Waals surface area contributed by atoms with Gasteiger partial charge in [0.2, 0.25) is 0 Å². The summed E-state index contributed by atoms with van der Waals surface area (Å²) in [5.74, 6) is -0.431. The van der Waals surface area contributed by atoms with Crippen LogP contribution in [0.25, 0.3) is 0 Å². The fourth-order valence-corrected chi connectivity index (χ4v) is 3.12. The van der Waals surface area contributed by atoms with Gasteiger partial charge < -0.3 is 10.8 Å². The fourth-order valence-electron chi connectivity index (χ4n) is 3.12. The van der Waals surface area contributed by atoms with E-state index in [1.807, 2.05) is 0 Å². The molecule has 1 saturated heterocycles. The van der Waals surface area contributed by atoms with Gasteiger partial charge in [0.05, 0.1) is 11.8 Å². The third-order valence-electron chi connectivity index (χ3n) is 4.44. The molecular weight excluding hydrogens is 255 g/mol. The van der Waals surface area contributed by atoms with E-state index in [0.717, 1.165) is 6.54 Å². The second-order valence-corrected chi connectivity index (χ2v) is 5.95. The lowest BCUT2D eigenvalue weighted by molar-refractivity contribution is 0.0748. The first kappa shape index (κ1) is 15.3. The Morgan fingerprint density at radius 1 is 1.35 bits per heavy atom. The Morgan fingerprint density at radius 2 is 2.00 bits per heavy atom. The molecule has 2 rings (SSSR count). The van der Waals surface area contributed by atoms with Crippen LogP contribution in [-0.2, 0) is 0 Å². The van der Waals surface area contributed by atoms with E-state index in [2.05, 4.69) is 18.7 Å². The lowest BCUT2D eigenvalue weighted by Crippen LogP contribution is -2.44. The Bertz CT molecular complexity index is 442. The molecule has 1 fully saturated rings. The highest BCUT2D eigenvalue weighted by atomic mass is 19.1. The number of nitrogens with zero attached hydrogens (tertiary/aromatic N) is 1. The summed E-state index contributed by atoms with van der Waals surface area (Å²) in [4.78, 5) is 2.46. The zero-order chi connectivity index (χ0) is 14.7. The van der Waals surface area contributed by atoms with Gasteiger partial charge in [-0.05, 0) is 50.8 Å². The number of hydrogen-bond donors (Lipinski definition) is 2. The largest absolute Gasteiger partial charge is 0.396 e. The second-order valence-electron chi connectivity index (χ2n) is 5.95. The molecular formula is C16H25FN2O. The van der Waals surface area contributed by atoms with E-state index >= 15 is 0 Å². The molecule has 0 amide bonds. The van der Waals surface area contributed by atoms with Crippen LogP contribution in [0.1, 0.15) is 51.2 Å². The summed E-state index contributed by atoms with van der Waals surface area (Å²) in [5, 5.41) is 10.2. The molecule has 1 aromatic carbocycles. The highest BCUT2D eigenvalue weighted by Gasteiger charge is 2.25. The monoisotopic (exact) mass is 280 g/mol. The van der Waals surface area contributed by atoms with Crippen molar-refractivity contribution in [2.75, 3.05) is 12.3 Å². The molecule has 1 aliphatic rings. The molecule has 3 N–H and O–H groups in total. The maximum absolute atomic E-state index is 13.1. The first-order chi connectivity index (χ1) is 9.49. The van der Waals surface area contributed by atoms with Gasteiger partial charge in [0, 0.05) is 18.6 Å². The maximum Gasteiger partial charge on any atom is 0.146 e. The number of piperidine rings is 1.